The molecule has 138 valence electrons. The lowest BCUT2D eigenvalue weighted by Crippen LogP contribution is -2.34. The van der Waals surface area contributed by atoms with Gasteiger partial charge in [0.15, 0.2) is 0 Å². The molecule has 9 heteroatoms. The van der Waals surface area contributed by atoms with Crippen LogP contribution in [0.4, 0.5) is 20.2 Å². The van der Waals surface area contributed by atoms with Gasteiger partial charge in [-0.05, 0) is 46.9 Å². The number of benzene rings is 2. The molecule has 0 spiro atoms. The van der Waals surface area contributed by atoms with Crippen LogP contribution in [0.3, 0.4) is 0 Å². The van der Waals surface area contributed by atoms with E-state index in [1.54, 1.807) is 6.07 Å². The molecular formula is C17H15F2IN2O4. The Morgan fingerprint density at radius 1 is 1.15 bits per heavy atom. The Balaban J connectivity index is 2.30. The fourth-order valence-corrected chi connectivity index (χ4v) is 2.51. The molecule has 26 heavy (non-hydrogen) atoms. The minimum Gasteiger partial charge on any atom is -0.489 e. The lowest BCUT2D eigenvalue weighted by atomic mass is 10.1. The van der Waals surface area contributed by atoms with Crippen molar-refractivity contribution < 1.29 is 28.8 Å². The number of aliphatic hydroxyl groups excluding tert-OH is 3. The molecule has 6 nitrogen and oxygen atoms in total. The highest BCUT2D eigenvalue weighted by Crippen LogP contribution is 2.31. The second-order valence-electron chi connectivity index (χ2n) is 5.32. The maximum absolute atomic E-state index is 14.0. The molecule has 0 radical (unpaired) electrons. The summed E-state index contributed by atoms with van der Waals surface area (Å²) >= 11 is 1.94. The van der Waals surface area contributed by atoms with Crippen molar-refractivity contribution in [3.63, 3.8) is 0 Å². The van der Waals surface area contributed by atoms with E-state index in [9.17, 15) is 24.3 Å². The summed E-state index contributed by atoms with van der Waals surface area (Å²) in [6.07, 6.45) is -2.87. The maximum atomic E-state index is 14.0. The van der Waals surface area contributed by atoms with Gasteiger partial charge in [-0.1, -0.05) is 0 Å². The highest BCUT2D eigenvalue weighted by atomic mass is 127. The van der Waals surface area contributed by atoms with Crippen molar-refractivity contribution in [2.75, 3.05) is 18.5 Å². The first-order valence-corrected chi connectivity index (χ1v) is 8.49. The van der Waals surface area contributed by atoms with Crippen LogP contribution in [-0.2, 0) is 0 Å². The standard InChI is InChI=1S/C17H15F2IN2O4/c18-9-3-14(22-13-2-1-10(20)5-12(13)19)11(6-21)17(4-9)26-8-16(25)15(24)7-23/h1-5,15-16,22-25H,7-8H2/t15-,16-/m1/s1. The Morgan fingerprint density at radius 3 is 2.50 bits per heavy atom. The van der Waals surface area contributed by atoms with Gasteiger partial charge in [0.05, 0.1) is 18.0 Å². The number of nitriles is 1. The molecule has 0 fully saturated rings. The lowest BCUT2D eigenvalue weighted by Gasteiger charge is -2.18. The van der Waals surface area contributed by atoms with Gasteiger partial charge in [0.25, 0.3) is 0 Å². The monoisotopic (exact) mass is 476 g/mol. The molecule has 0 saturated heterocycles. The number of rotatable bonds is 7. The summed E-state index contributed by atoms with van der Waals surface area (Å²) in [5.74, 6) is -1.51. The highest BCUT2D eigenvalue weighted by molar-refractivity contribution is 14.1. The summed E-state index contributed by atoms with van der Waals surface area (Å²) in [4.78, 5) is 0. The first-order chi connectivity index (χ1) is 12.3. The van der Waals surface area contributed by atoms with E-state index < -0.39 is 37.1 Å². The van der Waals surface area contributed by atoms with E-state index in [-0.39, 0.29) is 22.7 Å². The SMILES string of the molecule is N#Cc1c(Nc2ccc(I)cc2F)cc(F)cc1OC[C@@H](O)[C@H](O)CO. The third-order valence-corrected chi connectivity index (χ3v) is 4.09. The topological polar surface area (TPSA) is 106 Å². The molecule has 0 unspecified atom stereocenters. The zero-order valence-corrected chi connectivity index (χ0v) is 15.4. The molecule has 0 aromatic heterocycles. The second-order valence-corrected chi connectivity index (χ2v) is 6.56. The number of ether oxygens (including phenoxy) is 1. The van der Waals surface area contributed by atoms with Crippen molar-refractivity contribution >= 4 is 34.0 Å². The summed E-state index contributed by atoms with van der Waals surface area (Å²) in [5, 5.41) is 39.7. The van der Waals surface area contributed by atoms with Gasteiger partial charge < -0.3 is 25.4 Å². The largest absolute Gasteiger partial charge is 0.489 e. The molecule has 2 rings (SSSR count). The molecule has 0 aliphatic heterocycles. The fourth-order valence-electron chi connectivity index (χ4n) is 2.05. The summed E-state index contributed by atoms with van der Waals surface area (Å²) < 4.78 is 33.8. The van der Waals surface area contributed by atoms with Crippen LogP contribution in [0.25, 0.3) is 0 Å². The van der Waals surface area contributed by atoms with Gasteiger partial charge in [-0.15, -0.1) is 0 Å². The molecule has 0 aliphatic carbocycles. The van der Waals surface area contributed by atoms with Crippen LogP contribution in [0.5, 0.6) is 5.75 Å². The Morgan fingerprint density at radius 2 is 1.88 bits per heavy atom. The number of nitrogens with one attached hydrogen (secondary N) is 1. The number of aliphatic hydroxyl groups is 3. The minimum atomic E-state index is -1.44. The van der Waals surface area contributed by atoms with Crippen LogP contribution in [0.15, 0.2) is 30.3 Å². The van der Waals surface area contributed by atoms with Gasteiger partial charge >= 0.3 is 0 Å². The molecule has 0 aliphatic rings. The van der Waals surface area contributed by atoms with Crippen LogP contribution in [0.1, 0.15) is 5.56 Å². The van der Waals surface area contributed by atoms with E-state index in [1.807, 2.05) is 28.7 Å². The zero-order valence-electron chi connectivity index (χ0n) is 13.3. The Kier molecular flexibility index (Phi) is 7.10. The van der Waals surface area contributed by atoms with Gasteiger partial charge in [-0.2, -0.15) is 5.26 Å². The first kappa shape index (κ1) is 20.3. The van der Waals surface area contributed by atoms with Crippen molar-refractivity contribution in [2.45, 2.75) is 12.2 Å². The highest BCUT2D eigenvalue weighted by Gasteiger charge is 2.19. The Hall–Kier alpha value is -2.00. The van der Waals surface area contributed by atoms with Crippen molar-refractivity contribution in [1.29, 1.82) is 5.26 Å². The van der Waals surface area contributed by atoms with Crippen molar-refractivity contribution in [1.82, 2.24) is 0 Å². The Bertz CT molecular complexity index is 829. The van der Waals surface area contributed by atoms with E-state index in [1.165, 1.54) is 12.1 Å². The molecule has 2 atom stereocenters. The van der Waals surface area contributed by atoms with E-state index in [0.717, 1.165) is 12.1 Å². The van der Waals surface area contributed by atoms with Crippen LogP contribution in [0.2, 0.25) is 0 Å². The van der Waals surface area contributed by atoms with E-state index in [0.29, 0.717) is 3.57 Å². The molecule has 0 saturated carbocycles. The predicted octanol–water partition coefficient (Wildman–Crippen LogP) is 2.28. The summed E-state index contributed by atoms with van der Waals surface area (Å²) in [7, 11) is 0. The van der Waals surface area contributed by atoms with E-state index in [4.69, 9.17) is 9.84 Å². The molecule has 0 heterocycles. The predicted molar refractivity (Wildman–Crippen MR) is 98.1 cm³/mol. The number of halogens is 3. The average molecular weight is 476 g/mol. The molecule has 2 aromatic carbocycles. The first-order valence-electron chi connectivity index (χ1n) is 7.41. The third kappa shape index (κ3) is 5.01. The van der Waals surface area contributed by atoms with Gasteiger partial charge in [0, 0.05) is 9.64 Å². The van der Waals surface area contributed by atoms with E-state index in [2.05, 4.69) is 5.32 Å². The number of anilines is 2. The minimum absolute atomic E-state index is 0.0141. The van der Waals surface area contributed by atoms with Crippen LogP contribution >= 0.6 is 22.6 Å². The van der Waals surface area contributed by atoms with Crippen LogP contribution in [0, 0.1) is 26.5 Å². The molecule has 0 amide bonds. The molecule has 0 bridgehead atoms. The number of nitrogens with zero attached hydrogens (tertiary/aromatic N) is 1. The average Bonchev–Trinajstić information content (AvgIpc) is 2.61. The van der Waals surface area contributed by atoms with Crippen molar-refractivity contribution in [2.24, 2.45) is 0 Å². The summed E-state index contributed by atoms with van der Waals surface area (Å²) in [6, 6.07) is 8.16. The smallest absolute Gasteiger partial charge is 0.147 e. The number of hydrogen-bond acceptors (Lipinski definition) is 6. The van der Waals surface area contributed by atoms with Gasteiger partial charge in [0.2, 0.25) is 0 Å². The normalized spacial score (nSPS) is 13.0. The third-order valence-electron chi connectivity index (χ3n) is 3.42. The van der Waals surface area contributed by atoms with Crippen LogP contribution in [-0.4, -0.2) is 40.7 Å². The molecular weight excluding hydrogens is 461 g/mol. The molecule has 2 aromatic rings. The Labute approximate surface area is 161 Å². The second kappa shape index (κ2) is 9.09. The van der Waals surface area contributed by atoms with Crippen LogP contribution < -0.4 is 10.1 Å². The van der Waals surface area contributed by atoms with E-state index >= 15 is 0 Å². The summed E-state index contributed by atoms with van der Waals surface area (Å²) in [6.45, 7) is -1.16. The number of hydrogen-bond donors (Lipinski definition) is 4. The van der Waals surface area contributed by atoms with Gasteiger partial charge in [-0.3, -0.25) is 0 Å². The maximum Gasteiger partial charge on any atom is 0.147 e. The van der Waals surface area contributed by atoms with Crippen molar-refractivity contribution in [3.8, 4) is 11.8 Å². The zero-order chi connectivity index (χ0) is 19.3. The lowest BCUT2D eigenvalue weighted by molar-refractivity contribution is -0.0339. The van der Waals surface area contributed by atoms with Crippen molar-refractivity contribution in [3.05, 3.63) is 51.1 Å². The quantitative estimate of drug-likeness (QED) is 0.458. The fraction of sp³-hybridized carbons (Fsp3) is 0.235. The summed E-state index contributed by atoms with van der Waals surface area (Å²) in [5.41, 5.74) is -0.0657. The van der Waals surface area contributed by atoms with Gasteiger partial charge in [-0.25, -0.2) is 8.78 Å². The molecule has 4 N–H and O–H groups in total. The van der Waals surface area contributed by atoms with Gasteiger partial charge in [0.1, 0.15) is 47.8 Å².